The minimum absolute atomic E-state index is 0.141. The number of amides is 1. The molecule has 1 fully saturated rings. The van der Waals surface area contributed by atoms with Crippen LogP contribution in [0.5, 0.6) is 5.75 Å². The van der Waals surface area contributed by atoms with Crippen LogP contribution in [-0.4, -0.2) is 47.2 Å². The van der Waals surface area contributed by atoms with Crippen LogP contribution in [0.25, 0.3) is 11.1 Å². The highest BCUT2D eigenvalue weighted by Crippen LogP contribution is 2.31. The first-order valence-corrected chi connectivity index (χ1v) is 12.6. The zero-order valence-electron chi connectivity index (χ0n) is 19.8. The molecular formula is C29H30N4O2. The van der Waals surface area contributed by atoms with Crippen LogP contribution in [0.2, 0.25) is 0 Å². The topological polar surface area (TPSA) is 78.3 Å². The van der Waals surface area contributed by atoms with E-state index in [-0.39, 0.29) is 5.91 Å². The van der Waals surface area contributed by atoms with E-state index in [2.05, 4.69) is 33.4 Å². The number of carbonyl (C=O) groups excluding carboxylic acids is 1. The first-order valence-electron chi connectivity index (χ1n) is 12.6. The number of fused-ring (bicyclic) bond motifs is 2. The Kier molecular flexibility index (Phi) is 5.82. The Balaban J connectivity index is 1.26. The minimum Gasteiger partial charge on any atom is -0.491 e. The Morgan fingerprint density at radius 1 is 1.00 bits per heavy atom. The molecule has 3 aromatic rings. The third-order valence-corrected chi connectivity index (χ3v) is 7.61. The number of pyridine rings is 1. The van der Waals surface area contributed by atoms with Crippen molar-refractivity contribution in [2.75, 3.05) is 19.7 Å². The summed E-state index contributed by atoms with van der Waals surface area (Å²) in [6, 6.07) is 14.9. The van der Waals surface area contributed by atoms with Gasteiger partial charge in [0, 0.05) is 48.2 Å². The van der Waals surface area contributed by atoms with Gasteiger partial charge in [-0.25, -0.2) is 0 Å². The van der Waals surface area contributed by atoms with Crippen molar-refractivity contribution in [2.24, 2.45) is 0 Å². The van der Waals surface area contributed by atoms with E-state index in [1.807, 2.05) is 12.3 Å². The molecule has 2 N–H and O–H groups in total. The van der Waals surface area contributed by atoms with Crippen LogP contribution in [0.15, 0.2) is 54.9 Å². The number of rotatable bonds is 4. The lowest BCUT2D eigenvalue weighted by Crippen LogP contribution is -2.37. The van der Waals surface area contributed by atoms with Gasteiger partial charge < -0.3 is 10.1 Å². The van der Waals surface area contributed by atoms with Gasteiger partial charge in [0.1, 0.15) is 12.4 Å². The van der Waals surface area contributed by atoms with Crippen LogP contribution in [0.3, 0.4) is 0 Å². The number of nitrogens with one attached hydrogen (secondary N) is 2. The molecule has 0 atom stereocenters. The van der Waals surface area contributed by atoms with E-state index in [0.29, 0.717) is 35.7 Å². The molecule has 1 aliphatic carbocycles. The summed E-state index contributed by atoms with van der Waals surface area (Å²) in [5.74, 6) is 0.381. The molecule has 6 heteroatoms. The maximum atomic E-state index is 12.2. The molecule has 1 aromatic heterocycles. The van der Waals surface area contributed by atoms with Crippen LogP contribution >= 0.6 is 0 Å². The highest BCUT2D eigenvalue weighted by molar-refractivity contribution is 6.12. The fraction of sp³-hybridized carbons (Fsp3) is 0.345. The number of hydrogen-bond acceptors (Lipinski definition) is 5. The zero-order valence-corrected chi connectivity index (χ0v) is 19.8. The average molecular weight is 467 g/mol. The smallest absolute Gasteiger partial charge is 0.255 e. The summed E-state index contributed by atoms with van der Waals surface area (Å²) < 4.78 is 5.74. The molecule has 0 radical (unpaired) electrons. The molecule has 0 spiro atoms. The lowest BCUT2D eigenvalue weighted by Gasteiger charge is -2.33. The quantitative estimate of drug-likeness (QED) is 0.552. The van der Waals surface area contributed by atoms with Gasteiger partial charge in [-0.2, -0.15) is 0 Å². The largest absolute Gasteiger partial charge is 0.491 e. The van der Waals surface area contributed by atoms with Crippen LogP contribution in [0.4, 0.5) is 0 Å². The van der Waals surface area contributed by atoms with Gasteiger partial charge in [-0.05, 0) is 60.2 Å². The molecule has 3 heterocycles. The summed E-state index contributed by atoms with van der Waals surface area (Å²) in [5, 5.41) is 11.6. The monoisotopic (exact) mass is 466 g/mol. The Bertz CT molecular complexity index is 1300. The fourth-order valence-electron chi connectivity index (χ4n) is 5.65. The van der Waals surface area contributed by atoms with Crippen molar-refractivity contribution in [1.29, 1.82) is 5.41 Å². The van der Waals surface area contributed by atoms with Crippen LogP contribution in [0, 0.1) is 5.41 Å². The highest BCUT2D eigenvalue weighted by atomic mass is 16.5. The van der Waals surface area contributed by atoms with Crippen molar-refractivity contribution < 1.29 is 9.53 Å². The molecule has 2 aliphatic heterocycles. The molecule has 0 unspecified atom stereocenters. The maximum Gasteiger partial charge on any atom is 0.255 e. The molecule has 1 saturated carbocycles. The summed E-state index contributed by atoms with van der Waals surface area (Å²) in [6.07, 6.45) is 10.1. The summed E-state index contributed by atoms with van der Waals surface area (Å²) in [4.78, 5) is 19.3. The highest BCUT2D eigenvalue weighted by Gasteiger charge is 2.26. The summed E-state index contributed by atoms with van der Waals surface area (Å²) in [5.41, 5.74) is 7.34. The van der Waals surface area contributed by atoms with Crippen molar-refractivity contribution in [1.82, 2.24) is 15.2 Å². The van der Waals surface area contributed by atoms with Gasteiger partial charge in [0.05, 0.1) is 17.8 Å². The fourth-order valence-corrected chi connectivity index (χ4v) is 5.65. The Morgan fingerprint density at radius 2 is 1.89 bits per heavy atom. The molecule has 0 bridgehead atoms. The molecule has 178 valence electrons. The normalized spacial score (nSPS) is 18.2. The SMILES string of the molecule is N=C(c1cncc(-c2ccc3c(c2)CN(C2CCCC2)CC3)c1)c1ccc2c(c1)OCCNC2=O. The Labute approximate surface area is 205 Å². The van der Waals surface area contributed by atoms with E-state index in [1.165, 1.54) is 36.8 Å². The lowest BCUT2D eigenvalue weighted by atomic mass is 9.93. The van der Waals surface area contributed by atoms with Gasteiger partial charge in [-0.1, -0.05) is 31.0 Å². The first kappa shape index (κ1) is 22.0. The molecule has 2 aromatic carbocycles. The van der Waals surface area contributed by atoms with E-state index < -0.39 is 0 Å². The van der Waals surface area contributed by atoms with Crippen molar-refractivity contribution in [3.05, 3.63) is 82.7 Å². The van der Waals surface area contributed by atoms with E-state index in [1.54, 1.807) is 24.4 Å². The van der Waals surface area contributed by atoms with Crippen molar-refractivity contribution in [3.63, 3.8) is 0 Å². The van der Waals surface area contributed by atoms with Crippen LogP contribution in [0.1, 0.15) is 58.3 Å². The molecule has 35 heavy (non-hydrogen) atoms. The predicted octanol–water partition coefficient (Wildman–Crippen LogP) is 4.59. The van der Waals surface area contributed by atoms with Gasteiger partial charge in [-0.3, -0.25) is 20.1 Å². The molecule has 1 amide bonds. The predicted molar refractivity (Wildman–Crippen MR) is 136 cm³/mol. The third kappa shape index (κ3) is 4.34. The van der Waals surface area contributed by atoms with E-state index in [0.717, 1.165) is 42.2 Å². The third-order valence-electron chi connectivity index (χ3n) is 7.61. The average Bonchev–Trinajstić information content (AvgIpc) is 3.38. The molecule has 3 aliphatic rings. The number of hydrogen-bond donors (Lipinski definition) is 2. The van der Waals surface area contributed by atoms with Crippen molar-refractivity contribution in [2.45, 2.75) is 44.7 Å². The Hall–Kier alpha value is -3.51. The van der Waals surface area contributed by atoms with Crippen LogP contribution < -0.4 is 10.1 Å². The maximum absolute atomic E-state index is 12.2. The minimum atomic E-state index is -0.141. The Morgan fingerprint density at radius 3 is 2.77 bits per heavy atom. The second-order valence-corrected chi connectivity index (χ2v) is 9.79. The van der Waals surface area contributed by atoms with Crippen molar-refractivity contribution >= 4 is 11.6 Å². The van der Waals surface area contributed by atoms with Gasteiger partial charge in [0.2, 0.25) is 0 Å². The number of ether oxygens (including phenoxy) is 1. The van der Waals surface area contributed by atoms with E-state index in [9.17, 15) is 4.79 Å². The van der Waals surface area contributed by atoms with Gasteiger partial charge in [-0.15, -0.1) is 0 Å². The summed E-state index contributed by atoms with van der Waals surface area (Å²) >= 11 is 0. The number of aromatic nitrogens is 1. The molecule has 6 nitrogen and oxygen atoms in total. The number of benzene rings is 2. The molecule has 6 rings (SSSR count). The lowest BCUT2D eigenvalue weighted by molar-refractivity contribution is 0.0957. The standard InChI is InChI=1S/C29H30N4O2/c30-28(21-7-8-26-27(15-21)35-12-10-32-29(26)34)23-14-22(16-31-17-23)20-6-5-19-9-11-33(18-24(19)13-20)25-3-1-2-4-25/h5-8,13-17,25,30H,1-4,9-12,18H2,(H,32,34). The summed E-state index contributed by atoms with van der Waals surface area (Å²) in [7, 11) is 0. The number of nitrogens with zero attached hydrogens (tertiary/aromatic N) is 2. The number of carbonyl (C=O) groups is 1. The second-order valence-electron chi connectivity index (χ2n) is 9.79. The second kappa shape index (κ2) is 9.27. The van der Waals surface area contributed by atoms with E-state index in [4.69, 9.17) is 10.1 Å². The van der Waals surface area contributed by atoms with Crippen LogP contribution in [-0.2, 0) is 13.0 Å². The zero-order chi connectivity index (χ0) is 23.8. The van der Waals surface area contributed by atoms with Gasteiger partial charge >= 0.3 is 0 Å². The molecular weight excluding hydrogens is 436 g/mol. The van der Waals surface area contributed by atoms with Gasteiger partial charge in [0.25, 0.3) is 5.91 Å². The van der Waals surface area contributed by atoms with Gasteiger partial charge in [0.15, 0.2) is 0 Å². The van der Waals surface area contributed by atoms with E-state index >= 15 is 0 Å². The first-order chi connectivity index (χ1) is 17.2. The van der Waals surface area contributed by atoms with Crippen molar-refractivity contribution in [3.8, 4) is 16.9 Å². The summed E-state index contributed by atoms with van der Waals surface area (Å²) in [6.45, 7) is 3.09. The molecule has 0 saturated heterocycles.